The summed E-state index contributed by atoms with van der Waals surface area (Å²) in [6, 6.07) is 5.99. The van der Waals surface area contributed by atoms with Crippen molar-refractivity contribution in [3.63, 3.8) is 0 Å². The highest BCUT2D eigenvalue weighted by Gasteiger charge is 2.14. The highest BCUT2D eigenvalue weighted by atomic mass is 79.9. The average molecular weight is 435 g/mol. The normalized spacial score (nSPS) is 11.3. The number of anilines is 1. The summed E-state index contributed by atoms with van der Waals surface area (Å²) >= 11 is 6.10. The summed E-state index contributed by atoms with van der Waals surface area (Å²) < 4.78 is 2.96. The first-order valence-corrected chi connectivity index (χ1v) is 9.88. The van der Waals surface area contributed by atoms with Gasteiger partial charge in [-0.15, -0.1) is 21.5 Å². The molecule has 0 spiro atoms. The quantitative estimate of drug-likeness (QED) is 0.494. The van der Waals surface area contributed by atoms with E-state index >= 15 is 0 Å². The number of amides is 1. The van der Waals surface area contributed by atoms with Crippen LogP contribution in [0.25, 0.3) is 22.1 Å². The van der Waals surface area contributed by atoms with E-state index in [1.165, 1.54) is 23.1 Å². The number of nitrogens with one attached hydrogen (secondary N) is 1. The standard InChI is InChI=1S/C15H11BrN6OS2/c1-22-10-3-2-8(16)6-9(10)12-13(22)19-15(21-20-12)25-7-11(23)18-14-17-4-5-24-14/h2-6H,7H2,1H3,(H,17,18,23). The summed E-state index contributed by atoms with van der Waals surface area (Å²) in [5.41, 5.74) is 2.52. The van der Waals surface area contributed by atoms with E-state index in [-0.39, 0.29) is 11.7 Å². The lowest BCUT2D eigenvalue weighted by molar-refractivity contribution is -0.113. The van der Waals surface area contributed by atoms with Crippen molar-refractivity contribution in [2.75, 3.05) is 11.1 Å². The Morgan fingerprint density at radius 3 is 3.08 bits per heavy atom. The molecule has 3 heterocycles. The van der Waals surface area contributed by atoms with Crippen LogP contribution in [0.4, 0.5) is 5.13 Å². The molecule has 10 heteroatoms. The molecule has 3 aromatic heterocycles. The molecule has 0 aliphatic carbocycles. The zero-order valence-corrected chi connectivity index (χ0v) is 16.2. The summed E-state index contributed by atoms with van der Waals surface area (Å²) in [5, 5.41) is 15.0. The Morgan fingerprint density at radius 2 is 2.28 bits per heavy atom. The van der Waals surface area contributed by atoms with E-state index in [1.807, 2.05) is 35.2 Å². The molecule has 0 bridgehead atoms. The number of fused-ring (bicyclic) bond motifs is 3. The Balaban J connectivity index is 1.58. The summed E-state index contributed by atoms with van der Waals surface area (Å²) in [5.74, 6) is 0.0482. The molecule has 0 aliphatic heterocycles. The highest BCUT2D eigenvalue weighted by Crippen LogP contribution is 2.28. The van der Waals surface area contributed by atoms with E-state index in [9.17, 15) is 4.79 Å². The fourth-order valence-corrected chi connectivity index (χ4v) is 3.94. The van der Waals surface area contributed by atoms with Gasteiger partial charge in [0.2, 0.25) is 11.1 Å². The van der Waals surface area contributed by atoms with Crippen LogP contribution >= 0.6 is 39.0 Å². The number of nitrogens with zero attached hydrogens (tertiary/aromatic N) is 5. The Bertz CT molecular complexity index is 1080. The van der Waals surface area contributed by atoms with Crippen molar-refractivity contribution in [2.45, 2.75) is 5.16 Å². The number of hydrogen-bond donors (Lipinski definition) is 1. The summed E-state index contributed by atoms with van der Waals surface area (Å²) in [6.07, 6.45) is 1.65. The molecule has 25 heavy (non-hydrogen) atoms. The van der Waals surface area contributed by atoms with Gasteiger partial charge in [0.1, 0.15) is 5.52 Å². The molecule has 1 aromatic carbocycles. The molecule has 0 radical (unpaired) electrons. The minimum atomic E-state index is -0.149. The first-order valence-electron chi connectivity index (χ1n) is 7.22. The van der Waals surface area contributed by atoms with Crippen molar-refractivity contribution >= 4 is 72.1 Å². The Hall–Kier alpha value is -2.04. The van der Waals surface area contributed by atoms with Gasteiger partial charge in [0, 0.05) is 28.5 Å². The number of thioether (sulfide) groups is 1. The number of benzene rings is 1. The lowest BCUT2D eigenvalue weighted by Gasteiger charge is -2.01. The maximum atomic E-state index is 11.9. The van der Waals surface area contributed by atoms with Gasteiger partial charge in [0.15, 0.2) is 10.8 Å². The summed E-state index contributed by atoms with van der Waals surface area (Å²) in [7, 11) is 1.94. The zero-order valence-electron chi connectivity index (χ0n) is 12.9. The zero-order chi connectivity index (χ0) is 17.4. The third-order valence-electron chi connectivity index (χ3n) is 3.55. The number of aryl methyl sites for hydroxylation is 1. The van der Waals surface area contributed by atoms with Crippen LogP contribution in [0.2, 0.25) is 0 Å². The molecular formula is C15H11BrN6OS2. The van der Waals surface area contributed by atoms with Crippen molar-refractivity contribution < 1.29 is 4.79 Å². The highest BCUT2D eigenvalue weighted by molar-refractivity contribution is 9.10. The van der Waals surface area contributed by atoms with Gasteiger partial charge in [-0.25, -0.2) is 9.97 Å². The molecular weight excluding hydrogens is 424 g/mol. The first kappa shape index (κ1) is 16.4. The number of thiazole rings is 1. The van der Waals surface area contributed by atoms with Crippen LogP contribution in [0.5, 0.6) is 0 Å². The van der Waals surface area contributed by atoms with Crippen molar-refractivity contribution in [1.29, 1.82) is 0 Å². The lowest BCUT2D eigenvalue weighted by Crippen LogP contribution is -2.14. The van der Waals surface area contributed by atoms with Gasteiger partial charge in [0.25, 0.3) is 0 Å². The van der Waals surface area contributed by atoms with E-state index in [1.54, 1.807) is 6.20 Å². The van der Waals surface area contributed by atoms with Crippen LogP contribution in [0.15, 0.2) is 39.4 Å². The maximum Gasteiger partial charge on any atom is 0.236 e. The van der Waals surface area contributed by atoms with Gasteiger partial charge in [-0.2, -0.15) is 0 Å². The Morgan fingerprint density at radius 1 is 1.40 bits per heavy atom. The van der Waals surface area contributed by atoms with E-state index in [2.05, 4.69) is 41.4 Å². The SMILES string of the molecule is Cn1c2ccc(Br)cc2c2nnc(SCC(=O)Nc3nccs3)nc21. The molecule has 7 nitrogen and oxygen atoms in total. The van der Waals surface area contributed by atoms with Crippen molar-refractivity contribution in [3.05, 3.63) is 34.2 Å². The van der Waals surface area contributed by atoms with Gasteiger partial charge in [-0.1, -0.05) is 27.7 Å². The van der Waals surface area contributed by atoms with E-state index in [0.717, 1.165) is 26.5 Å². The van der Waals surface area contributed by atoms with Crippen molar-refractivity contribution in [1.82, 2.24) is 24.7 Å². The van der Waals surface area contributed by atoms with E-state index < -0.39 is 0 Å². The van der Waals surface area contributed by atoms with Crippen LogP contribution < -0.4 is 5.32 Å². The molecule has 1 amide bonds. The van der Waals surface area contributed by atoms with Crippen LogP contribution in [0, 0.1) is 0 Å². The lowest BCUT2D eigenvalue weighted by atomic mass is 10.2. The summed E-state index contributed by atoms with van der Waals surface area (Å²) in [4.78, 5) is 20.5. The van der Waals surface area contributed by atoms with E-state index in [4.69, 9.17) is 0 Å². The number of hydrogen-bond acceptors (Lipinski definition) is 7. The van der Waals surface area contributed by atoms with Crippen molar-refractivity contribution in [3.8, 4) is 0 Å². The number of rotatable bonds is 4. The van der Waals surface area contributed by atoms with Crippen molar-refractivity contribution in [2.24, 2.45) is 7.05 Å². The largest absolute Gasteiger partial charge is 0.327 e. The van der Waals surface area contributed by atoms with Crippen LogP contribution in [-0.2, 0) is 11.8 Å². The minimum absolute atomic E-state index is 0.149. The molecule has 0 saturated heterocycles. The van der Waals surface area contributed by atoms with Gasteiger partial charge >= 0.3 is 0 Å². The number of carbonyl (C=O) groups excluding carboxylic acids is 1. The summed E-state index contributed by atoms with van der Waals surface area (Å²) in [6.45, 7) is 0. The molecule has 4 aromatic rings. The van der Waals surface area contributed by atoms with Crippen LogP contribution in [-0.4, -0.2) is 36.4 Å². The molecule has 0 saturated carbocycles. The Kier molecular flexibility index (Phi) is 4.40. The topological polar surface area (TPSA) is 85.6 Å². The molecule has 0 atom stereocenters. The van der Waals surface area contributed by atoms with Gasteiger partial charge < -0.3 is 9.88 Å². The number of aromatic nitrogens is 5. The van der Waals surface area contributed by atoms with E-state index in [0.29, 0.717) is 10.3 Å². The fraction of sp³-hybridized carbons (Fsp3) is 0.133. The fourth-order valence-electron chi connectivity index (χ4n) is 2.45. The van der Waals surface area contributed by atoms with Crippen LogP contribution in [0.1, 0.15) is 0 Å². The Labute approximate surface area is 159 Å². The molecule has 0 unspecified atom stereocenters. The number of carbonyl (C=O) groups is 1. The predicted molar refractivity (Wildman–Crippen MR) is 103 cm³/mol. The average Bonchev–Trinajstić information content (AvgIpc) is 3.20. The first-order chi connectivity index (χ1) is 12.1. The maximum absolute atomic E-state index is 11.9. The third-order valence-corrected chi connectivity index (χ3v) is 5.57. The third kappa shape index (κ3) is 3.24. The molecule has 4 rings (SSSR count). The minimum Gasteiger partial charge on any atom is -0.327 e. The second-order valence-corrected chi connectivity index (χ2v) is 7.91. The molecule has 0 aliphatic rings. The molecule has 126 valence electrons. The monoisotopic (exact) mass is 434 g/mol. The van der Waals surface area contributed by atoms with Gasteiger partial charge in [-0.05, 0) is 18.2 Å². The smallest absolute Gasteiger partial charge is 0.236 e. The van der Waals surface area contributed by atoms with Gasteiger partial charge in [0.05, 0.1) is 11.3 Å². The molecule has 1 N–H and O–H groups in total. The second-order valence-electron chi connectivity index (χ2n) is 5.16. The molecule has 0 fully saturated rings. The predicted octanol–water partition coefficient (Wildman–Crippen LogP) is 3.47. The van der Waals surface area contributed by atoms with Crippen LogP contribution in [0.3, 0.4) is 0 Å². The van der Waals surface area contributed by atoms with Gasteiger partial charge in [-0.3, -0.25) is 4.79 Å². The second kappa shape index (κ2) is 6.70. The number of halogens is 1.